The van der Waals surface area contributed by atoms with Crippen molar-refractivity contribution in [3.05, 3.63) is 0 Å². The molecule has 1 aromatic rings. The van der Waals surface area contributed by atoms with Gasteiger partial charge in [0, 0.05) is 0 Å². The number of hydrogen-bond donors (Lipinski definition) is 3. The van der Waals surface area contributed by atoms with Crippen LogP contribution < -0.4 is 17.2 Å². The van der Waals surface area contributed by atoms with E-state index >= 15 is 0 Å². The quantitative estimate of drug-likeness (QED) is 0.441. The number of carbonyl (C=O) groups excluding carboxylic acids is 1. The molecule has 6 N–H and O–H groups in total. The molecular formula is C4H9FN6O. The minimum atomic E-state index is 0. The van der Waals surface area contributed by atoms with Crippen molar-refractivity contribution in [3.8, 4) is 0 Å². The van der Waals surface area contributed by atoms with Crippen LogP contribution in [0, 0.1) is 0 Å². The number of halogens is 1. The van der Waals surface area contributed by atoms with E-state index in [1.54, 1.807) is 0 Å². The third kappa shape index (κ3) is 3.93. The van der Waals surface area contributed by atoms with Crippen LogP contribution in [0.1, 0.15) is 0 Å². The summed E-state index contributed by atoms with van der Waals surface area (Å²) in [5, 5.41) is 0. The van der Waals surface area contributed by atoms with Crippen molar-refractivity contribution in [2.24, 2.45) is 0 Å². The van der Waals surface area contributed by atoms with Crippen molar-refractivity contribution >= 4 is 24.6 Å². The minimum Gasteiger partial charge on any atom is -0.368 e. The highest BCUT2D eigenvalue weighted by atomic mass is 19.0. The van der Waals surface area contributed by atoms with Crippen LogP contribution in [0.3, 0.4) is 0 Å². The van der Waals surface area contributed by atoms with Crippen LogP contribution in [-0.2, 0) is 4.79 Å². The molecular weight excluding hydrogens is 167 g/mol. The fourth-order valence-electron chi connectivity index (χ4n) is 0.427. The second kappa shape index (κ2) is 5.77. The summed E-state index contributed by atoms with van der Waals surface area (Å²) in [7, 11) is 0. The number of carbonyl (C=O) groups is 1. The van der Waals surface area contributed by atoms with Gasteiger partial charge in [-0.05, 0) is 0 Å². The Balaban J connectivity index is 0. The van der Waals surface area contributed by atoms with Crippen molar-refractivity contribution in [2.45, 2.75) is 0 Å². The Bertz CT molecular complexity index is 193. The maximum absolute atomic E-state index is 8.00. The van der Waals surface area contributed by atoms with Gasteiger partial charge < -0.3 is 22.0 Å². The van der Waals surface area contributed by atoms with Crippen LogP contribution in [0.15, 0.2) is 0 Å². The molecule has 68 valence electrons. The first-order valence-corrected chi connectivity index (χ1v) is 2.50. The summed E-state index contributed by atoms with van der Waals surface area (Å²) >= 11 is 0. The van der Waals surface area contributed by atoms with Gasteiger partial charge in [-0.25, -0.2) is 0 Å². The van der Waals surface area contributed by atoms with Crippen LogP contribution in [0.25, 0.3) is 0 Å². The predicted octanol–water partition coefficient (Wildman–Crippen LogP) is -1.41. The molecule has 8 heteroatoms. The van der Waals surface area contributed by atoms with Crippen LogP contribution in [-0.4, -0.2) is 21.7 Å². The first kappa shape index (κ1) is 12.7. The number of hydrogen-bond acceptors (Lipinski definition) is 7. The highest BCUT2D eigenvalue weighted by Crippen LogP contribution is 1.97. The zero-order valence-electron chi connectivity index (χ0n) is 6.10. The Morgan fingerprint density at radius 1 is 0.833 bits per heavy atom. The fourth-order valence-corrected chi connectivity index (χ4v) is 0.427. The van der Waals surface area contributed by atoms with E-state index in [4.69, 9.17) is 22.0 Å². The highest BCUT2D eigenvalue weighted by molar-refractivity contribution is 5.33. The largest absolute Gasteiger partial charge is 0.368 e. The molecule has 0 aromatic carbocycles. The van der Waals surface area contributed by atoms with Crippen LogP contribution in [0.5, 0.6) is 0 Å². The van der Waals surface area contributed by atoms with Crippen molar-refractivity contribution < 1.29 is 9.50 Å². The van der Waals surface area contributed by atoms with Gasteiger partial charge in [0.2, 0.25) is 17.8 Å². The highest BCUT2D eigenvalue weighted by Gasteiger charge is 1.93. The van der Waals surface area contributed by atoms with Gasteiger partial charge in [-0.15, -0.1) is 0 Å². The van der Waals surface area contributed by atoms with Gasteiger partial charge in [-0.1, -0.05) is 0 Å². The number of rotatable bonds is 0. The van der Waals surface area contributed by atoms with Crippen LogP contribution in [0.4, 0.5) is 22.5 Å². The Hall–Kier alpha value is -1.99. The molecule has 12 heavy (non-hydrogen) atoms. The van der Waals surface area contributed by atoms with E-state index in [0.29, 0.717) is 0 Å². The third-order valence-electron chi connectivity index (χ3n) is 0.687. The maximum Gasteiger partial charge on any atom is 0.226 e. The summed E-state index contributed by atoms with van der Waals surface area (Å²) in [6.07, 6.45) is 0. The van der Waals surface area contributed by atoms with Gasteiger partial charge in [-0.3, -0.25) is 4.70 Å². The van der Waals surface area contributed by atoms with Gasteiger partial charge in [0.1, 0.15) is 6.79 Å². The summed E-state index contributed by atoms with van der Waals surface area (Å²) in [6.45, 7) is 2.00. The molecule has 0 amide bonds. The van der Waals surface area contributed by atoms with Crippen molar-refractivity contribution in [1.29, 1.82) is 0 Å². The van der Waals surface area contributed by atoms with E-state index < -0.39 is 0 Å². The minimum absolute atomic E-state index is 0. The van der Waals surface area contributed by atoms with E-state index in [2.05, 4.69) is 15.0 Å². The van der Waals surface area contributed by atoms with E-state index in [-0.39, 0.29) is 22.5 Å². The molecule has 0 saturated heterocycles. The summed E-state index contributed by atoms with van der Waals surface area (Å²) in [6, 6.07) is 0. The Morgan fingerprint density at radius 3 is 1.17 bits per heavy atom. The van der Waals surface area contributed by atoms with E-state index in [9.17, 15) is 0 Å². The molecule has 0 spiro atoms. The third-order valence-corrected chi connectivity index (χ3v) is 0.687. The first-order chi connectivity index (χ1) is 5.18. The van der Waals surface area contributed by atoms with Crippen LogP contribution in [0.2, 0.25) is 0 Å². The topological polar surface area (TPSA) is 134 Å². The summed E-state index contributed by atoms with van der Waals surface area (Å²) in [5.41, 5.74) is 15.4. The maximum atomic E-state index is 8.00. The number of nitrogens with two attached hydrogens (primary N) is 3. The van der Waals surface area contributed by atoms with E-state index in [0.717, 1.165) is 0 Å². The number of aromatic nitrogens is 3. The molecule has 0 fully saturated rings. The zero-order valence-corrected chi connectivity index (χ0v) is 6.10. The van der Waals surface area contributed by atoms with Crippen molar-refractivity contribution in [3.63, 3.8) is 0 Å². The summed E-state index contributed by atoms with van der Waals surface area (Å²) in [5.74, 6) is 0.125. The average Bonchev–Trinajstić information content (AvgIpc) is 1.88. The standard InChI is InChI=1S/C3H6N6.CH2O.FH/c4-1-7-2(5)9-3(6)8-1;1-2;/h(H6,4,5,6,7,8,9);1H2;1H. The van der Waals surface area contributed by atoms with Gasteiger partial charge in [0.15, 0.2) is 0 Å². The Kier molecular flexibility index (Phi) is 6.09. The normalized spacial score (nSPS) is 7.33. The van der Waals surface area contributed by atoms with Crippen molar-refractivity contribution in [2.75, 3.05) is 17.2 Å². The molecule has 7 nitrogen and oxygen atoms in total. The molecule has 0 aliphatic heterocycles. The SMILES string of the molecule is C=O.F.Nc1nc(N)nc(N)n1. The summed E-state index contributed by atoms with van der Waals surface area (Å²) < 4.78 is 0. The molecule has 1 aromatic heterocycles. The fraction of sp³-hybridized carbons (Fsp3) is 0. The van der Waals surface area contributed by atoms with E-state index in [1.165, 1.54) is 0 Å². The molecule has 0 aliphatic rings. The second-order valence-electron chi connectivity index (χ2n) is 1.41. The van der Waals surface area contributed by atoms with Gasteiger partial charge in [0.05, 0.1) is 0 Å². The molecule has 1 rings (SSSR count). The average molecular weight is 176 g/mol. The van der Waals surface area contributed by atoms with Gasteiger partial charge in [-0.2, -0.15) is 15.0 Å². The first-order valence-electron chi connectivity index (χ1n) is 2.50. The molecule has 0 saturated carbocycles. The molecule has 0 unspecified atom stereocenters. The Labute approximate surface area is 67.4 Å². The molecule has 1 heterocycles. The molecule has 0 aliphatic carbocycles. The lowest BCUT2D eigenvalue weighted by atomic mass is 10.9. The molecule has 0 atom stereocenters. The smallest absolute Gasteiger partial charge is 0.226 e. The van der Waals surface area contributed by atoms with E-state index in [1.807, 2.05) is 6.79 Å². The lowest BCUT2D eigenvalue weighted by Crippen LogP contribution is -2.05. The second-order valence-corrected chi connectivity index (χ2v) is 1.41. The number of anilines is 3. The lowest BCUT2D eigenvalue weighted by Gasteiger charge is -1.93. The molecule has 0 bridgehead atoms. The lowest BCUT2D eigenvalue weighted by molar-refractivity contribution is -0.0979. The molecule has 0 radical (unpaired) electrons. The number of nitrogen functional groups attached to an aromatic ring is 3. The Morgan fingerprint density at radius 2 is 1.00 bits per heavy atom. The van der Waals surface area contributed by atoms with Gasteiger partial charge >= 0.3 is 0 Å². The number of nitrogens with zero attached hydrogens (tertiary/aromatic N) is 3. The monoisotopic (exact) mass is 176 g/mol. The van der Waals surface area contributed by atoms with Crippen molar-refractivity contribution in [1.82, 2.24) is 15.0 Å². The summed E-state index contributed by atoms with van der Waals surface area (Å²) in [4.78, 5) is 18.5. The van der Waals surface area contributed by atoms with Crippen LogP contribution >= 0.6 is 0 Å². The van der Waals surface area contributed by atoms with Gasteiger partial charge in [0.25, 0.3) is 0 Å². The zero-order chi connectivity index (χ0) is 8.85. The predicted molar refractivity (Wildman–Crippen MR) is 42.7 cm³/mol.